The van der Waals surface area contributed by atoms with Crippen molar-refractivity contribution in [3.8, 4) is 17.1 Å². The Labute approximate surface area is 118 Å². The molecule has 1 unspecified atom stereocenters. The van der Waals surface area contributed by atoms with Crippen molar-refractivity contribution in [2.24, 2.45) is 5.92 Å². The number of rotatable bonds is 3. The molecule has 2 N–H and O–H groups in total. The van der Waals surface area contributed by atoms with E-state index in [1.165, 1.54) is 6.42 Å². The van der Waals surface area contributed by atoms with Crippen molar-refractivity contribution in [2.75, 3.05) is 12.3 Å². The predicted octanol–water partition coefficient (Wildman–Crippen LogP) is 2.51. The molecule has 20 heavy (non-hydrogen) atoms. The van der Waals surface area contributed by atoms with E-state index < -0.39 is 0 Å². The lowest BCUT2D eigenvalue weighted by atomic mass is 10.0. The first-order valence-corrected chi connectivity index (χ1v) is 7.13. The van der Waals surface area contributed by atoms with E-state index in [-0.39, 0.29) is 0 Å². The summed E-state index contributed by atoms with van der Waals surface area (Å²) in [5.41, 5.74) is 7.68. The molecule has 1 aliphatic heterocycles. The molecule has 1 aliphatic rings. The van der Waals surface area contributed by atoms with Gasteiger partial charge in [-0.1, -0.05) is 6.92 Å². The summed E-state index contributed by atoms with van der Waals surface area (Å²) >= 11 is 0. The Balaban J connectivity index is 1.98. The molecule has 0 spiro atoms. The summed E-state index contributed by atoms with van der Waals surface area (Å²) in [5, 5.41) is 8.63. The first kappa shape index (κ1) is 13.0. The lowest BCUT2D eigenvalue weighted by Crippen LogP contribution is -2.18. The van der Waals surface area contributed by atoms with Crippen LogP contribution in [-0.2, 0) is 13.0 Å². The largest absolute Gasteiger partial charge is 0.492 e. The van der Waals surface area contributed by atoms with Crippen molar-refractivity contribution >= 4 is 5.69 Å². The second kappa shape index (κ2) is 5.15. The molecule has 0 fully saturated rings. The van der Waals surface area contributed by atoms with Crippen LogP contribution in [0, 0.1) is 5.92 Å². The predicted molar refractivity (Wildman–Crippen MR) is 78.5 cm³/mol. The van der Waals surface area contributed by atoms with Crippen molar-refractivity contribution in [2.45, 2.75) is 33.2 Å². The number of aryl methyl sites for hydroxylation is 1. The Kier molecular flexibility index (Phi) is 3.34. The number of nitrogens with zero attached hydrogens (tertiary/aromatic N) is 3. The van der Waals surface area contributed by atoms with E-state index in [0.717, 1.165) is 35.9 Å². The molecule has 0 saturated carbocycles. The topological polar surface area (TPSA) is 66.0 Å². The van der Waals surface area contributed by atoms with E-state index in [4.69, 9.17) is 10.5 Å². The van der Waals surface area contributed by atoms with Crippen LogP contribution in [0.15, 0.2) is 18.2 Å². The number of benzene rings is 1. The van der Waals surface area contributed by atoms with Crippen LogP contribution >= 0.6 is 0 Å². The maximum atomic E-state index is 6.03. The number of nitrogen functional groups attached to an aromatic ring is 1. The summed E-state index contributed by atoms with van der Waals surface area (Å²) in [4.78, 5) is 0. The maximum absolute atomic E-state index is 6.03. The third-order valence-electron chi connectivity index (χ3n) is 3.75. The Morgan fingerprint density at radius 3 is 3.00 bits per heavy atom. The molecule has 2 aromatic rings. The number of hydrogen-bond donors (Lipinski definition) is 1. The Bertz CT molecular complexity index is 620. The minimum Gasteiger partial charge on any atom is -0.492 e. The fraction of sp³-hybridized carbons (Fsp3) is 0.467. The normalized spacial score (nSPS) is 17.8. The highest BCUT2D eigenvalue weighted by atomic mass is 16.5. The highest BCUT2D eigenvalue weighted by Gasteiger charge is 2.21. The zero-order chi connectivity index (χ0) is 14.1. The zero-order valence-electron chi connectivity index (χ0n) is 12.0. The van der Waals surface area contributed by atoms with Crippen molar-refractivity contribution < 1.29 is 4.74 Å². The molecular weight excluding hydrogens is 252 g/mol. The van der Waals surface area contributed by atoms with Crippen LogP contribution in [0.2, 0.25) is 0 Å². The van der Waals surface area contributed by atoms with Gasteiger partial charge in [0.15, 0.2) is 5.82 Å². The van der Waals surface area contributed by atoms with Gasteiger partial charge in [-0.2, -0.15) is 0 Å². The summed E-state index contributed by atoms with van der Waals surface area (Å²) in [5.74, 6) is 3.37. The number of ether oxygens (including phenoxy) is 1. The summed E-state index contributed by atoms with van der Waals surface area (Å²) in [6.45, 7) is 5.80. The van der Waals surface area contributed by atoms with Gasteiger partial charge >= 0.3 is 0 Å². The molecule has 3 rings (SSSR count). The second-order valence-electron chi connectivity index (χ2n) is 5.38. The molecule has 1 aromatic carbocycles. The molecular formula is C15H20N4O. The summed E-state index contributed by atoms with van der Waals surface area (Å²) in [6.07, 6.45) is 2.18. The molecule has 0 aliphatic carbocycles. The highest BCUT2D eigenvalue weighted by Crippen LogP contribution is 2.30. The molecule has 0 radical (unpaired) electrons. The standard InChI is InChI=1S/C15H20N4O/c1-3-20-13-6-5-11(8-12(13)16)15-18-17-14-7-4-10(2)9-19(14)15/h5-6,8,10H,3-4,7,9,16H2,1-2H3. The van der Waals surface area contributed by atoms with Gasteiger partial charge in [-0.25, -0.2) is 0 Å². The van der Waals surface area contributed by atoms with Gasteiger partial charge in [0.05, 0.1) is 12.3 Å². The van der Waals surface area contributed by atoms with E-state index in [1.54, 1.807) is 0 Å². The van der Waals surface area contributed by atoms with Crippen LogP contribution in [0.5, 0.6) is 5.75 Å². The number of nitrogens with two attached hydrogens (primary N) is 1. The molecule has 0 saturated heterocycles. The second-order valence-corrected chi connectivity index (χ2v) is 5.38. The van der Waals surface area contributed by atoms with E-state index in [9.17, 15) is 0 Å². The average molecular weight is 272 g/mol. The molecule has 1 atom stereocenters. The van der Waals surface area contributed by atoms with Crippen molar-refractivity contribution in [3.05, 3.63) is 24.0 Å². The monoisotopic (exact) mass is 272 g/mol. The van der Waals surface area contributed by atoms with Gasteiger partial charge < -0.3 is 15.0 Å². The van der Waals surface area contributed by atoms with Gasteiger partial charge in [0.25, 0.3) is 0 Å². The van der Waals surface area contributed by atoms with Crippen LogP contribution in [0.25, 0.3) is 11.4 Å². The lowest BCUT2D eigenvalue weighted by Gasteiger charge is -2.21. The molecule has 0 amide bonds. The van der Waals surface area contributed by atoms with Crippen LogP contribution in [0.4, 0.5) is 5.69 Å². The number of hydrogen-bond acceptors (Lipinski definition) is 4. The van der Waals surface area contributed by atoms with E-state index >= 15 is 0 Å². The molecule has 5 nitrogen and oxygen atoms in total. The minimum absolute atomic E-state index is 0.612. The fourth-order valence-corrected chi connectivity index (χ4v) is 2.68. The molecule has 0 bridgehead atoms. The SMILES string of the molecule is CCOc1ccc(-c2nnc3n2CC(C)CC3)cc1N. The molecule has 106 valence electrons. The van der Waals surface area contributed by atoms with E-state index in [1.807, 2.05) is 25.1 Å². The van der Waals surface area contributed by atoms with Crippen LogP contribution in [0.3, 0.4) is 0 Å². The summed E-state index contributed by atoms with van der Waals surface area (Å²) < 4.78 is 7.68. The van der Waals surface area contributed by atoms with Gasteiger partial charge in [0.2, 0.25) is 0 Å². The molecule has 5 heteroatoms. The maximum Gasteiger partial charge on any atom is 0.164 e. The van der Waals surface area contributed by atoms with Crippen molar-refractivity contribution in [1.29, 1.82) is 0 Å². The van der Waals surface area contributed by atoms with E-state index in [2.05, 4.69) is 21.7 Å². The molecule has 2 heterocycles. The first-order valence-electron chi connectivity index (χ1n) is 7.13. The minimum atomic E-state index is 0.612. The third kappa shape index (κ3) is 2.24. The zero-order valence-corrected chi connectivity index (χ0v) is 12.0. The Morgan fingerprint density at radius 2 is 2.25 bits per heavy atom. The number of fused-ring (bicyclic) bond motifs is 1. The fourth-order valence-electron chi connectivity index (χ4n) is 2.68. The van der Waals surface area contributed by atoms with E-state index in [0.29, 0.717) is 18.2 Å². The Hall–Kier alpha value is -2.04. The van der Waals surface area contributed by atoms with Crippen LogP contribution in [-0.4, -0.2) is 21.4 Å². The van der Waals surface area contributed by atoms with Crippen molar-refractivity contribution in [1.82, 2.24) is 14.8 Å². The molecule has 1 aromatic heterocycles. The van der Waals surface area contributed by atoms with Gasteiger partial charge in [-0.3, -0.25) is 0 Å². The first-order chi connectivity index (χ1) is 9.69. The smallest absolute Gasteiger partial charge is 0.164 e. The van der Waals surface area contributed by atoms with Gasteiger partial charge in [-0.05, 0) is 37.5 Å². The van der Waals surface area contributed by atoms with Crippen LogP contribution in [0.1, 0.15) is 26.1 Å². The summed E-state index contributed by atoms with van der Waals surface area (Å²) in [7, 11) is 0. The quantitative estimate of drug-likeness (QED) is 0.872. The number of aromatic nitrogens is 3. The van der Waals surface area contributed by atoms with Gasteiger partial charge in [0.1, 0.15) is 11.6 Å². The highest BCUT2D eigenvalue weighted by molar-refractivity contribution is 5.66. The lowest BCUT2D eigenvalue weighted by molar-refractivity contribution is 0.342. The van der Waals surface area contributed by atoms with Gasteiger partial charge in [0, 0.05) is 18.5 Å². The van der Waals surface area contributed by atoms with Gasteiger partial charge in [-0.15, -0.1) is 10.2 Å². The number of anilines is 1. The third-order valence-corrected chi connectivity index (χ3v) is 3.75. The van der Waals surface area contributed by atoms with Crippen molar-refractivity contribution in [3.63, 3.8) is 0 Å². The summed E-state index contributed by atoms with van der Waals surface area (Å²) in [6, 6.07) is 5.82. The van der Waals surface area contributed by atoms with Crippen LogP contribution < -0.4 is 10.5 Å². The average Bonchev–Trinajstić information content (AvgIpc) is 2.84. The Morgan fingerprint density at radius 1 is 1.40 bits per heavy atom.